The average molecular weight is 280 g/mol. The van der Waals surface area contributed by atoms with Crippen LogP contribution in [0.25, 0.3) is 0 Å². The molecule has 1 rings (SSSR count). The molecule has 1 aromatic carbocycles. The second kappa shape index (κ2) is 7.19. The Hall–Kier alpha value is -0.930. The summed E-state index contributed by atoms with van der Waals surface area (Å²) in [5.41, 5.74) is 2.29. The number of nitrogens with zero attached hydrogens (tertiary/aromatic N) is 1. The predicted molar refractivity (Wildman–Crippen MR) is 84.7 cm³/mol. The van der Waals surface area contributed by atoms with Gasteiger partial charge in [0.15, 0.2) is 0 Å². The van der Waals surface area contributed by atoms with Gasteiger partial charge in [0.25, 0.3) is 0 Å². The van der Waals surface area contributed by atoms with Gasteiger partial charge in [-0.05, 0) is 77.5 Å². The fourth-order valence-electron chi connectivity index (χ4n) is 2.31. The van der Waals surface area contributed by atoms with Gasteiger partial charge in [-0.15, -0.1) is 0 Å². The number of rotatable bonds is 7. The molecule has 0 heterocycles. The largest absolute Gasteiger partial charge is 0.312 e. The molecule has 3 heteroatoms. The van der Waals surface area contributed by atoms with Crippen molar-refractivity contribution in [1.29, 1.82) is 0 Å². The van der Waals surface area contributed by atoms with Gasteiger partial charge in [0.05, 0.1) is 0 Å². The zero-order valence-corrected chi connectivity index (χ0v) is 13.8. The number of likely N-dealkylation sites (N-methyl/N-ethyl adjacent to an activating group) is 1. The zero-order valence-electron chi connectivity index (χ0n) is 13.8. The minimum atomic E-state index is -0.156. The Balaban J connectivity index is 2.94. The summed E-state index contributed by atoms with van der Waals surface area (Å²) in [5.74, 6) is -0.156. The van der Waals surface area contributed by atoms with Gasteiger partial charge in [0, 0.05) is 11.6 Å². The molecule has 0 spiro atoms. The zero-order chi connectivity index (χ0) is 15.3. The normalized spacial score (nSPS) is 13.8. The fraction of sp³-hybridized carbons (Fsp3) is 0.647. The lowest BCUT2D eigenvalue weighted by Gasteiger charge is -2.41. The number of aryl methyl sites for hydroxylation is 1. The van der Waals surface area contributed by atoms with Crippen LogP contribution < -0.4 is 5.32 Å². The van der Waals surface area contributed by atoms with Crippen molar-refractivity contribution in [2.24, 2.45) is 0 Å². The molecule has 0 aliphatic carbocycles. The Morgan fingerprint density at radius 1 is 1.30 bits per heavy atom. The van der Waals surface area contributed by atoms with Crippen LogP contribution in [0.2, 0.25) is 0 Å². The first-order valence-electron chi connectivity index (χ1n) is 7.44. The SMILES string of the molecule is CCCNC(Cc1ccc(F)cc1C)C(C)(C)N(C)C. The molecular formula is C17H29FN2. The van der Waals surface area contributed by atoms with Crippen molar-refractivity contribution in [2.75, 3.05) is 20.6 Å². The molecule has 0 aliphatic rings. The summed E-state index contributed by atoms with van der Waals surface area (Å²) in [6.45, 7) is 9.66. The van der Waals surface area contributed by atoms with Gasteiger partial charge >= 0.3 is 0 Å². The molecule has 2 nitrogen and oxygen atoms in total. The van der Waals surface area contributed by atoms with E-state index in [9.17, 15) is 4.39 Å². The minimum Gasteiger partial charge on any atom is -0.312 e. The van der Waals surface area contributed by atoms with Crippen molar-refractivity contribution in [3.63, 3.8) is 0 Å². The van der Waals surface area contributed by atoms with Gasteiger partial charge in [-0.2, -0.15) is 0 Å². The molecule has 0 saturated carbocycles. The van der Waals surface area contributed by atoms with Crippen molar-refractivity contribution in [3.05, 3.63) is 35.1 Å². The van der Waals surface area contributed by atoms with E-state index in [2.05, 4.69) is 45.1 Å². The molecule has 1 atom stereocenters. The average Bonchev–Trinajstić information content (AvgIpc) is 2.36. The van der Waals surface area contributed by atoms with Crippen LogP contribution in [0.3, 0.4) is 0 Å². The Labute approximate surface area is 123 Å². The molecule has 0 aromatic heterocycles. The third-order valence-electron chi connectivity index (χ3n) is 4.37. The maximum atomic E-state index is 13.2. The van der Waals surface area contributed by atoms with E-state index < -0.39 is 0 Å². The van der Waals surface area contributed by atoms with Crippen LogP contribution in [0.4, 0.5) is 4.39 Å². The van der Waals surface area contributed by atoms with Gasteiger partial charge in [-0.1, -0.05) is 13.0 Å². The summed E-state index contributed by atoms with van der Waals surface area (Å²) in [4.78, 5) is 2.25. The smallest absolute Gasteiger partial charge is 0.123 e. The van der Waals surface area contributed by atoms with Crippen molar-refractivity contribution in [1.82, 2.24) is 10.2 Å². The molecule has 1 aromatic rings. The van der Waals surface area contributed by atoms with Crippen LogP contribution in [-0.4, -0.2) is 37.1 Å². The van der Waals surface area contributed by atoms with Crippen LogP contribution in [0.15, 0.2) is 18.2 Å². The molecule has 0 fully saturated rings. The maximum Gasteiger partial charge on any atom is 0.123 e. The van der Waals surface area contributed by atoms with E-state index in [0.717, 1.165) is 24.9 Å². The Morgan fingerprint density at radius 2 is 1.95 bits per heavy atom. The van der Waals surface area contributed by atoms with E-state index in [0.29, 0.717) is 6.04 Å². The predicted octanol–water partition coefficient (Wildman–Crippen LogP) is 3.39. The van der Waals surface area contributed by atoms with Crippen molar-refractivity contribution in [3.8, 4) is 0 Å². The number of hydrogen-bond acceptors (Lipinski definition) is 2. The fourth-order valence-corrected chi connectivity index (χ4v) is 2.31. The lowest BCUT2D eigenvalue weighted by atomic mass is 9.87. The summed E-state index contributed by atoms with van der Waals surface area (Å²) >= 11 is 0. The summed E-state index contributed by atoms with van der Waals surface area (Å²) in [7, 11) is 4.22. The molecule has 0 saturated heterocycles. The molecular weight excluding hydrogens is 251 g/mol. The molecule has 0 aliphatic heterocycles. The Morgan fingerprint density at radius 3 is 2.45 bits per heavy atom. The molecule has 0 amide bonds. The van der Waals surface area contributed by atoms with Crippen LogP contribution in [-0.2, 0) is 6.42 Å². The number of benzene rings is 1. The van der Waals surface area contributed by atoms with E-state index in [4.69, 9.17) is 0 Å². The highest BCUT2D eigenvalue weighted by Gasteiger charge is 2.31. The van der Waals surface area contributed by atoms with Crippen molar-refractivity contribution < 1.29 is 4.39 Å². The van der Waals surface area contributed by atoms with E-state index in [-0.39, 0.29) is 11.4 Å². The van der Waals surface area contributed by atoms with Crippen molar-refractivity contribution >= 4 is 0 Å². The summed E-state index contributed by atoms with van der Waals surface area (Å²) in [6.07, 6.45) is 2.03. The van der Waals surface area contributed by atoms with Crippen molar-refractivity contribution in [2.45, 2.75) is 52.1 Å². The maximum absolute atomic E-state index is 13.2. The topological polar surface area (TPSA) is 15.3 Å². The van der Waals surface area contributed by atoms with Crippen LogP contribution in [0.1, 0.15) is 38.3 Å². The van der Waals surface area contributed by atoms with E-state index >= 15 is 0 Å². The lowest BCUT2D eigenvalue weighted by molar-refractivity contribution is 0.137. The van der Waals surface area contributed by atoms with Crippen LogP contribution in [0.5, 0.6) is 0 Å². The standard InChI is InChI=1S/C17H29FN2/c1-7-10-19-16(17(3,4)20(5)6)12-14-8-9-15(18)11-13(14)2/h8-9,11,16,19H,7,10,12H2,1-6H3. The van der Waals surface area contributed by atoms with Gasteiger partial charge in [-0.3, -0.25) is 0 Å². The van der Waals surface area contributed by atoms with E-state index in [1.165, 1.54) is 5.56 Å². The summed E-state index contributed by atoms with van der Waals surface area (Å²) < 4.78 is 13.2. The first-order valence-corrected chi connectivity index (χ1v) is 7.44. The highest BCUT2D eigenvalue weighted by molar-refractivity contribution is 5.28. The molecule has 114 valence electrons. The Kier molecular flexibility index (Phi) is 6.15. The first-order chi connectivity index (χ1) is 9.28. The molecule has 0 radical (unpaired) electrons. The third kappa shape index (κ3) is 4.29. The quantitative estimate of drug-likeness (QED) is 0.823. The van der Waals surface area contributed by atoms with Gasteiger partial charge in [0.1, 0.15) is 5.82 Å². The molecule has 1 N–H and O–H groups in total. The second-order valence-corrected chi connectivity index (χ2v) is 6.33. The summed E-state index contributed by atoms with van der Waals surface area (Å²) in [6, 6.07) is 5.43. The van der Waals surface area contributed by atoms with E-state index in [1.54, 1.807) is 12.1 Å². The molecule has 20 heavy (non-hydrogen) atoms. The number of nitrogens with one attached hydrogen (secondary N) is 1. The number of halogens is 1. The lowest BCUT2D eigenvalue weighted by Crippen LogP contribution is -2.56. The highest BCUT2D eigenvalue weighted by atomic mass is 19.1. The van der Waals surface area contributed by atoms with E-state index in [1.807, 2.05) is 13.0 Å². The van der Waals surface area contributed by atoms with Gasteiger partial charge in [0.2, 0.25) is 0 Å². The first kappa shape index (κ1) is 17.1. The second-order valence-electron chi connectivity index (χ2n) is 6.33. The molecule has 0 bridgehead atoms. The Bertz CT molecular complexity index is 427. The van der Waals surface area contributed by atoms with Gasteiger partial charge in [-0.25, -0.2) is 4.39 Å². The summed E-state index contributed by atoms with van der Waals surface area (Å²) in [5, 5.41) is 3.65. The number of hydrogen-bond donors (Lipinski definition) is 1. The van der Waals surface area contributed by atoms with Gasteiger partial charge < -0.3 is 10.2 Å². The third-order valence-corrected chi connectivity index (χ3v) is 4.37. The minimum absolute atomic E-state index is 0.0377. The molecule has 1 unspecified atom stereocenters. The highest BCUT2D eigenvalue weighted by Crippen LogP contribution is 2.21. The monoisotopic (exact) mass is 280 g/mol. The van der Waals surface area contributed by atoms with Crippen LogP contribution in [0, 0.1) is 12.7 Å². The van der Waals surface area contributed by atoms with Crippen LogP contribution >= 0.6 is 0 Å².